The second-order valence-electron chi connectivity index (χ2n) is 4.94. The van der Waals surface area contributed by atoms with E-state index in [0.717, 1.165) is 18.2 Å². The molecular weight excluding hydrogens is 396 g/mol. The van der Waals surface area contributed by atoms with Crippen molar-refractivity contribution in [2.45, 2.75) is 0 Å². The summed E-state index contributed by atoms with van der Waals surface area (Å²) in [5.74, 6) is -0.624. The maximum absolute atomic E-state index is 12.3. The Kier molecular flexibility index (Phi) is 6.28. The van der Waals surface area contributed by atoms with Crippen molar-refractivity contribution in [1.29, 1.82) is 0 Å². The molecule has 1 aromatic carbocycles. The van der Waals surface area contributed by atoms with Crippen LogP contribution in [0.5, 0.6) is 11.8 Å². The smallest absolute Gasteiger partial charge is 0.277 e. The van der Waals surface area contributed by atoms with Gasteiger partial charge in [0.1, 0.15) is 0 Å². The lowest BCUT2D eigenvalue weighted by Crippen LogP contribution is -2.34. The number of ether oxygens (including phenoxy) is 2. The molecule has 13 nitrogen and oxygen atoms in total. The Hall–Kier alpha value is -3.94. The third-order valence-corrected chi connectivity index (χ3v) is 3.34. The highest BCUT2D eigenvalue weighted by Crippen LogP contribution is 2.22. The van der Waals surface area contributed by atoms with Crippen LogP contribution in [-0.4, -0.2) is 45.1 Å². The zero-order valence-electron chi connectivity index (χ0n) is 14.4. The normalized spacial score (nSPS) is 9.93. The van der Waals surface area contributed by atoms with E-state index in [-0.39, 0.29) is 28.4 Å². The number of non-ortho nitro benzene ring substituents is 2. The van der Waals surface area contributed by atoms with Gasteiger partial charge in [-0.25, -0.2) is 0 Å². The monoisotopic (exact) mass is 408 g/mol. The highest BCUT2D eigenvalue weighted by molar-refractivity contribution is 7.80. The Morgan fingerprint density at radius 3 is 1.93 bits per heavy atom. The first kappa shape index (κ1) is 20.4. The molecule has 0 atom stereocenters. The number of nitro groups is 2. The van der Waals surface area contributed by atoms with Crippen molar-refractivity contribution in [3.05, 3.63) is 50.1 Å². The van der Waals surface area contributed by atoms with Gasteiger partial charge in [-0.3, -0.25) is 30.3 Å². The molecule has 0 aliphatic carbocycles. The van der Waals surface area contributed by atoms with Gasteiger partial charge < -0.3 is 14.8 Å². The minimum Gasteiger partial charge on any atom is -0.481 e. The van der Waals surface area contributed by atoms with Crippen molar-refractivity contribution in [1.82, 2.24) is 15.3 Å². The zero-order chi connectivity index (χ0) is 20.8. The third kappa shape index (κ3) is 5.04. The molecule has 0 saturated carbocycles. The Bertz CT molecular complexity index is 913. The van der Waals surface area contributed by atoms with Crippen molar-refractivity contribution < 1.29 is 24.1 Å². The van der Waals surface area contributed by atoms with Crippen LogP contribution in [0.2, 0.25) is 0 Å². The van der Waals surface area contributed by atoms with Gasteiger partial charge in [0.25, 0.3) is 17.3 Å². The summed E-state index contributed by atoms with van der Waals surface area (Å²) in [7, 11) is 2.75. The van der Waals surface area contributed by atoms with E-state index >= 15 is 0 Å². The van der Waals surface area contributed by atoms with E-state index in [0.29, 0.717) is 0 Å². The molecule has 146 valence electrons. The number of carbonyl (C=O) groups excluding carboxylic acids is 1. The summed E-state index contributed by atoms with van der Waals surface area (Å²) in [5.41, 5.74) is -1.55. The molecule has 0 radical (unpaired) electrons. The second-order valence-corrected chi connectivity index (χ2v) is 5.35. The predicted molar refractivity (Wildman–Crippen MR) is 98.6 cm³/mol. The maximum Gasteiger partial charge on any atom is 0.277 e. The molecule has 2 N–H and O–H groups in total. The van der Waals surface area contributed by atoms with Crippen molar-refractivity contribution in [3.8, 4) is 11.8 Å². The summed E-state index contributed by atoms with van der Waals surface area (Å²) < 4.78 is 9.94. The SMILES string of the molecule is COc1cc(OC)nc(NC(=S)NC(=O)c2cc([N+](=O)[O-])cc([N+](=O)[O-])c2)n1. The lowest BCUT2D eigenvalue weighted by Gasteiger charge is -2.10. The summed E-state index contributed by atoms with van der Waals surface area (Å²) >= 11 is 4.97. The quantitative estimate of drug-likeness (QED) is 0.402. The maximum atomic E-state index is 12.3. The number of nitro benzene ring substituents is 2. The number of thiocarbonyl (C=S) groups is 1. The number of benzene rings is 1. The number of hydrogen-bond acceptors (Lipinski definition) is 10. The Morgan fingerprint density at radius 2 is 1.50 bits per heavy atom. The van der Waals surface area contributed by atoms with Crippen LogP contribution in [0.25, 0.3) is 0 Å². The number of aromatic nitrogens is 2. The molecule has 0 aliphatic heterocycles. The van der Waals surface area contributed by atoms with Crippen LogP contribution in [0.1, 0.15) is 10.4 Å². The fraction of sp³-hybridized carbons (Fsp3) is 0.143. The van der Waals surface area contributed by atoms with Gasteiger partial charge in [-0.05, 0) is 12.2 Å². The van der Waals surface area contributed by atoms with Crippen molar-refractivity contribution in [2.24, 2.45) is 0 Å². The summed E-state index contributed by atoms with van der Waals surface area (Å²) in [4.78, 5) is 40.3. The topological polar surface area (TPSA) is 172 Å². The molecule has 2 rings (SSSR count). The van der Waals surface area contributed by atoms with Crippen molar-refractivity contribution in [3.63, 3.8) is 0 Å². The Balaban J connectivity index is 2.20. The van der Waals surface area contributed by atoms with E-state index in [1.165, 1.54) is 20.3 Å². The summed E-state index contributed by atoms with van der Waals surface area (Å²) in [6.07, 6.45) is 0. The van der Waals surface area contributed by atoms with Gasteiger partial charge >= 0.3 is 0 Å². The van der Waals surface area contributed by atoms with Crippen LogP contribution in [0, 0.1) is 20.2 Å². The number of amides is 1. The fourth-order valence-electron chi connectivity index (χ4n) is 1.91. The van der Waals surface area contributed by atoms with Gasteiger partial charge in [0.15, 0.2) is 5.11 Å². The lowest BCUT2D eigenvalue weighted by atomic mass is 10.1. The molecule has 0 aliphatic rings. The molecule has 0 fully saturated rings. The lowest BCUT2D eigenvalue weighted by molar-refractivity contribution is -0.394. The molecule has 0 bridgehead atoms. The van der Waals surface area contributed by atoms with Crippen LogP contribution in [-0.2, 0) is 0 Å². The van der Waals surface area contributed by atoms with E-state index in [4.69, 9.17) is 21.7 Å². The van der Waals surface area contributed by atoms with Gasteiger partial charge in [-0.1, -0.05) is 0 Å². The second kappa shape index (κ2) is 8.63. The number of carbonyl (C=O) groups is 1. The van der Waals surface area contributed by atoms with Crippen LogP contribution in [0.3, 0.4) is 0 Å². The van der Waals surface area contributed by atoms with Gasteiger partial charge in [-0.15, -0.1) is 0 Å². The standard InChI is InChI=1S/C14H12N6O7S/c1-26-10-6-11(27-2)16-13(15-10)18-14(28)17-12(21)7-3-8(19(22)23)5-9(4-7)20(24)25/h3-6H,1-2H3,(H2,15,16,17,18,21,28). The summed E-state index contributed by atoms with van der Waals surface area (Å²) in [5, 5.41) is 26.3. The Labute approximate surface area is 162 Å². The van der Waals surface area contributed by atoms with Gasteiger partial charge in [0.2, 0.25) is 17.7 Å². The number of rotatable bonds is 6. The fourth-order valence-corrected chi connectivity index (χ4v) is 2.10. The van der Waals surface area contributed by atoms with Gasteiger partial charge in [0, 0.05) is 12.1 Å². The van der Waals surface area contributed by atoms with E-state index in [2.05, 4.69) is 20.6 Å². The molecular formula is C14H12N6O7S. The summed E-state index contributed by atoms with van der Waals surface area (Å²) in [6, 6.07) is 3.92. The molecule has 14 heteroatoms. The average Bonchev–Trinajstić information content (AvgIpc) is 2.66. The molecule has 0 saturated heterocycles. The average molecular weight is 408 g/mol. The third-order valence-electron chi connectivity index (χ3n) is 3.14. The molecule has 0 unspecified atom stereocenters. The first-order chi connectivity index (χ1) is 13.2. The number of methoxy groups -OCH3 is 2. The molecule has 1 amide bonds. The molecule has 1 aromatic heterocycles. The highest BCUT2D eigenvalue weighted by Gasteiger charge is 2.20. The number of nitrogens with one attached hydrogen (secondary N) is 2. The number of nitrogens with zero attached hydrogens (tertiary/aromatic N) is 4. The molecule has 0 spiro atoms. The minimum absolute atomic E-state index is 0.0495. The highest BCUT2D eigenvalue weighted by atomic mass is 32.1. The van der Waals surface area contributed by atoms with E-state index in [1.807, 2.05) is 0 Å². The molecule has 28 heavy (non-hydrogen) atoms. The zero-order valence-corrected chi connectivity index (χ0v) is 15.2. The van der Waals surface area contributed by atoms with Gasteiger partial charge in [0.05, 0.1) is 41.8 Å². The van der Waals surface area contributed by atoms with Crippen molar-refractivity contribution >= 4 is 40.6 Å². The van der Waals surface area contributed by atoms with E-state index in [9.17, 15) is 25.0 Å². The molecule has 1 heterocycles. The summed E-state index contributed by atoms with van der Waals surface area (Å²) in [6.45, 7) is 0. The number of anilines is 1. The van der Waals surface area contributed by atoms with Crippen LogP contribution >= 0.6 is 12.2 Å². The minimum atomic E-state index is -0.904. The largest absolute Gasteiger partial charge is 0.481 e. The Morgan fingerprint density at radius 1 is 1.00 bits per heavy atom. The van der Waals surface area contributed by atoms with Gasteiger partial charge in [-0.2, -0.15) is 9.97 Å². The van der Waals surface area contributed by atoms with Crippen LogP contribution < -0.4 is 20.1 Å². The predicted octanol–water partition coefficient (Wildman–Crippen LogP) is 1.44. The van der Waals surface area contributed by atoms with E-state index < -0.39 is 27.1 Å². The molecule has 2 aromatic rings. The van der Waals surface area contributed by atoms with E-state index in [1.54, 1.807) is 0 Å². The first-order valence-corrected chi connectivity index (χ1v) is 7.67. The van der Waals surface area contributed by atoms with Crippen LogP contribution in [0.4, 0.5) is 17.3 Å². The first-order valence-electron chi connectivity index (χ1n) is 7.26. The van der Waals surface area contributed by atoms with Crippen LogP contribution in [0.15, 0.2) is 24.3 Å². The number of hydrogen-bond donors (Lipinski definition) is 2. The van der Waals surface area contributed by atoms with Crippen molar-refractivity contribution in [2.75, 3.05) is 19.5 Å².